The van der Waals surface area contributed by atoms with Crippen molar-refractivity contribution in [3.8, 4) is 28.5 Å². The fourth-order valence-corrected chi connectivity index (χ4v) is 5.49. The van der Waals surface area contributed by atoms with Gasteiger partial charge in [-0.05, 0) is 77.5 Å². The van der Waals surface area contributed by atoms with Crippen LogP contribution in [0, 0.1) is 18.3 Å². The first kappa shape index (κ1) is 18.4. The second-order valence-electron chi connectivity index (χ2n) is 10.6. The summed E-state index contributed by atoms with van der Waals surface area (Å²) >= 11 is 0. The van der Waals surface area contributed by atoms with Gasteiger partial charge in [0.2, 0.25) is 5.69 Å². The molecule has 0 amide bonds. The second-order valence-corrected chi connectivity index (χ2v) is 10.6. The fraction of sp³-hybridized carbons (Fsp3) is 0.273. The van der Waals surface area contributed by atoms with Gasteiger partial charge in [0, 0.05) is 34.0 Å². The summed E-state index contributed by atoms with van der Waals surface area (Å²) in [4.78, 5) is 0. The monoisotopic (exact) mass is 475 g/mol. The van der Waals surface area contributed by atoms with Crippen LogP contribution in [0.15, 0.2) is 65.2 Å². The predicted molar refractivity (Wildman–Crippen MR) is 146 cm³/mol. The van der Waals surface area contributed by atoms with Gasteiger partial charge in [0.05, 0.1) is 17.2 Å². The number of aryl methyl sites for hydroxylation is 2. The van der Waals surface area contributed by atoms with Crippen LogP contribution in [0.5, 0.6) is 0 Å². The SMILES string of the molecule is [2H]C1([2H])CC([2H])([2H])c2c(C(C)(C)C)ccc(-c3c(C#N)ccc4c3oc3c(-c5cccc[n+]5C)c(C)ccc34)c21. The Bertz CT molecular complexity index is 1900. The van der Waals surface area contributed by atoms with E-state index < -0.39 is 18.2 Å². The second kappa shape index (κ2) is 8.07. The van der Waals surface area contributed by atoms with Crippen molar-refractivity contribution in [2.75, 3.05) is 0 Å². The van der Waals surface area contributed by atoms with Gasteiger partial charge in [-0.15, -0.1) is 0 Å². The standard InChI is InChI=1S/C33H31N2O/c1-20-12-14-25-26-15-13-21(19-34)30(24-16-17-27(33(2,3)4)23-10-8-9-22(23)24)32(26)36-31(25)29(20)28-11-6-7-18-35(28)5/h6-7,11-18H,8-10H2,1-5H3/q+1/i9D2,10D2. The Morgan fingerprint density at radius 3 is 2.36 bits per heavy atom. The summed E-state index contributed by atoms with van der Waals surface area (Å²) in [5.74, 6) is 0. The lowest BCUT2D eigenvalue weighted by atomic mass is 9.80. The van der Waals surface area contributed by atoms with E-state index in [2.05, 4.69) is 12.1 Å². The molecule has 6 rings (SSSR count). The molecule has 2 heterocycles. The highest BCUT2D eigenvalue weighted by molar-refractivity contribution is 6.14. The topological polar surface area (TPSA) is 40.8 Å². The highest BCUT2D eigenvalue weighted by Crippen LogP contribution is 2.45. The maximum atomic E-state index is 10.2. The van der Waals surface area contributed by atoms with Crippen molar-refractivity contribution in [2.24, 2.45) is 7.05 Å². The Morgan fingerprint density at radius 2 is 1.64 bits per heavy atom. The molecule has 0 atom stereocenters. The molecule has 0 bridgehead atoms. The van der Waals surface area contributed by atoms with Gasteiger partial charge in [0.15, 0.2) is 6.20 Å². The molecule has 0 fully saturated rings. The van der Waals surface area contributed by atoms with Crippen molar-refractivity contribution in [2.45, 2.75) is 52.3 Å². The van der Waals surface area contributed by atoms with Gasteiger partial charge in [-0.2, -0.15) is 5.26 Å². The summed E-state index contributed by atoms with van der Waals surface area (Å²) in [6.45, 7) is 8.09. The van der Waals surface area contributed by atoms with Crippen molar-refractivity contribution in [3.63, 3.8) is 0 Å². The molecule has 0 aliphatic heterocycles. The Balaban J connectivity index is 1.77. The van der Waals surface area contributed by atoms with Crippen molar-refractivity contribution >= 4 is 21.9 Å². The number of hydrogen-bond donors (Lipinski definition) is 0. The molecule has 178 valence electrons. The molecule has 3 nitrogen and oxygen atoms in total. The lowest BCUT2D eigenvalue weighted by Crippen LogP contribution is -2.30. The van der Waals surface area contributed by atoms with Crippen LogP contribution in [0.25, 0.3) is 44.3 Å². The molecule has 2 aromatic heterocycles. The van der Waals surface area contributed by atoms with E-state index in [1.165, 1.54) is 0 Å². The number of pyridine rings is 1. The van der Waals surface area contributed by atoms with E-state index in [0.717, 1.165) is 33.2 Å². The Kier molecular flexibility index (Phi) is 4.12. The quantitative estimate of drug-likeness (QED) is 0.245. The van der Waals surface area contributed by atoms with Crippen molar-refractivity contribution in [1.82, 2.24) is 0 Å². The van der Waals surface area contributed by atoms with Crippen molar-refractivity contribution in [3.05, 3.63) is 88.6 Å². The zero-order chi connectivity index (χ0) is 28.8. The molecule has 0 radical (unpaired) electrons. The van der Waals surface area contributed by atoms with Crippen LogP contribution < -0.4 is 4.57 Å². The molecule has 1 aliphatic carbocycles. The van der Waals surface area contributed by atoms with Crippen molar-refractivity contribution < 1.29 is 14.5 Å². The number of nitrogens with zero attached hydrogens (tertiary/aromatic N) is 2. The van der Waals surface area contributed by atoms with Gasteiger partial charge in [0.1, 0.15) is 18.2 Å². The third-order valence-electron chi connectivity index (χ3n) is 7.26. The van der Waals surface area contributed by atoms with Crippen LogP contribution in [0.3, 0.4) is 0 Å². The van der Waals surface area contributed by atoms with Crippen LogP contribution >= 0.6 is 0 Å². The number of benzene rings is 3. The summed E-state index contributed by atoms with van der Waals surface area (Å²) in [7, 11) is 1.99. The molecular weight excluding hydrogens is 440 g/mol. The number of aromatic nitrogens is 1. The van der Waals surface area contributed by atoms with Crippen LogP contribution in [0.1, 0.15) is 60.5 Å². The molecule has 0 saturated heterocycles. The largest absolute Gasteiger partial charge is 0.454 e. The zero-order valence-corrected chi connectivity index (χ0v) is 21.3. The highest BCUT2D eigenvalue weighted by Gasteiger charge is 2.28. The Hall–Kier alpha value is -3.90. The first-order valence-corrected chi connectivity index (χ1v) is 12.3. The fourth-order valence-electron chi connectivity index (χ4n) is 5.49. The van der Waals surface area contributed by atoms with Crippen LogP contribution in [0.4, 0.5) is 0 Å². The van der Waals surface area contributed by atoms with Gasteiger partial charge >= 0.3 is 0 Å². The number of furan rings is 1. The molecule has 36 heavy (non-hydrogen) atoms. The van der Waals surface area contributed by atoms with E-state index in [0.29, 0.717) is 39.0 Å². The molecule has 5 aromatic rings. The van der Waals surface area contributed by atoms with E-state index in [4.69, 9.17) is 9.90 Å². The summed E-state index contributed by atoms with van der Waals surface area (Å²) in [5, 5.41) is 12.0. The molecule has 1 aliphatic rings. The van der Waals surface area contributed by atoms with Gasteiger partial charge in [-0.25, -0.2) is 4.57 Å². The molecule has 3 heteroatoms. The van der Waals surface area contributed by atoms with E-state index in [-0.39, 0.29) is 6.42 Å². The maximum Gasteiger partial charge on any atom is 0.216 e. The normalized spacial score (nSPS) is 17.8. The number of nitriles is 1. The van der Waals surface area contributed by atoms with E-state index >= 15 is 0 Å². The number of fused-ring (bicyclic) bond motifs is 4. The molecule has 0 saturated carbocycles. The zero-order valence-electron chi connectivity index (χ0n) is 25.3. The summed E-state index contributed by atoms with van der Waals surface area (Å²) in [6.07, 6.45) is -2.05. The van der Waals surface area contributed by atoms with Gasteiger partial charge < -0.3 is 4.42 Å². The highest BCUT2D eigenvalue weighted by atomic mass is 16.3. The number of hydrogen-bond acceptors (Lipinski definition) is 2. The van der Waals surface area contributed by atoms with Gasteiger partial charge in [0.25, 0.3) is 0 Å². The Morgan fingerprint density at radius 1 is 0.917 bits per heavy atom. The van der Waals surface area contributed by atoms with Crippen LogP contribution in [0.2, 0.25) is 0 Å². The summed E-state index contributed by atoms with van der Waals surface area (Å²) < 4.78 is 44.4. The Labute approximate surface area is 218 Å². The molecular formula is C33H31N2O+. The van der Waals surface area contributed by atoms with Crippen LogP contribution in [-0.4, -0.2) is 0 Å². The maximum absolute atomic E-state index is 10.2. The average Bonchev–Trinajstić information content (AvgIpc) is 3.34. The minimum atomic E-state index is -1.92. The molecule has 0 unspecified atom stereocenters. The first-order chi connectivity index (χ1) is 18.8. The van der Waals surface area contributed by atoms with Gasteiger partial charge in [-0.3, -0.25) is 0 Å². The smallest absolute Gasteiger partial charge is 0.216 e. The van der Waals surface area contributed by atoms with Gasteiger partial charge in [-0.1, -0.05) is 45.0 Å². The minimum Gasteiger partial charge on any atom is -0.454 e. The van der Waals surface area contributed by atoms with E-state index in [1.54, 1.807) is 6.07 Å². The lowest BCUT2D eigenvalue weighted by molar-refractivity contribution is -0.660. The average molecular weight is 476 g/mol. The van der Waals surface area contributed by atoms with E-state index in [1.807, 2.05) is 88.0 Å². The third kappa shape index (κ3) is 3.28. The molecule has 3 aromatic carbocycles. The predicted octanol–water partition coefficient (Wildman–Crippen LogP) is 7.71. The molecule has 0 spiro atoms. The summed E-state index contributed by atoms with van der Waals surface area (Å²) in [6, 6.07) is 19.8. The minimum absolute atomic E-state index is 0.277. The van der Waals surface area contributed by atoms with Crippen molar-refractivity contribution in [1.29, 1.82) is 5.26 Å². The third-order valence-corrected chi connectivity index (χ3v) is 7.26. The molecule has 0 N–H and O–H groups in total. The lowest BCUT2D eigenvalue weighted by Gasteiger charge is -2.24. The number of rotatable bonds is 2. The van der Waals surface area contributed by atoms with E-state index in [9.17, 15) is 5.26 Å². The van der Waals surface area contributed by atoms with Crippen LogP contribution in [-0.2, 0) is 25.2 Å². The summed E-state index contributed by atoms with van der Waals surface area (Å²) in [5.41, 5.74) is 6.71. The first-order valence-electron chi connectivity index (χ1n) is 14.3.